The molecule has 0 saturated heterocycles. The summed E-state index contributed by atoms with van der Waals surface area (Å²) >= 11 is 0. The highest BCUT2D eigenvalue weighted by molar-refractivity contribution is 5.59. The van der Waals surface area contributed by atoms with Crippen molar-refractivity contribution in [3.8, 4) is 11.5 Å². The van der Waals surface area contributed by atoms with E-state index in [0.717, 1.165) is 37.4 Å². The fraction of sp³-hybridized carbons (Fsp3) is 0.625. The van der Waals surface area contributed by atoms with Crippen LogP contribution in [0.2, 0.25) is 0 Å². The summed E-state index contributed by atoms with van der Waals surface area (Å²) in [6.07, 6.45) is 1.55. The van der Waals surface area contributed by atoms with E-state index >= 15 is 0 Å². The van der Waals surface area contributed by atoms with E-state index in [1.807, 2.05) is 6.07 Å². The van der Waals surface area contributed by atoms with Crippen LogP contribution in [0.5, 0.6) is 11.5 Å². The van der Waals surface area contributed by atoms with Gasteiger partial charge in [0.05, 0.1) is 13.2 Å². The maximum Gasteiger partial charge on any atom is 0.165 e. The van der Waals surface area contributed by atoms with Crippen LogP contribution >= 0.6 is 0 Å². The Morgan fingerprint density at radius 1 is 1.45 bits per heavy atom. The van der Waals surface area contributed by atoms with E-state index in [1.165, 1.54) is 11.1 Å². The van der Waals surface area contributed by atoms with Crippen LogP contribution in [-0.4, -0.2) is 31.0 Å². The molecule has 0 aromatic heterocycles. The van der Waals surface area contributed by atoms with Crippen molar-refractivity contribution in [2.45, 2.75) is 43.9 Å². The Labute approximate surface area is 119 Å². The SMILES string of the molecule is COc1ccc2c3c1O[C@@H]1C[C@H](O)C(C)[C@]31CCNC2. The van der Waals surface area contributed by atoms with E-state index in [1.54, 1.807) is 7.11 Å². The van der Waals surface area contributed by atoms with E-state index in [4.69, 9.17) is 9.47 Å². The predicted molar refractivity (Wildman–Crippen MR) is 75.2 cm³/mol. The van der Waals surface area contributed by atoms with Crippen molar-refractivity contribution in [1.82, 2.24) is 5.32 Å². The second kappa shape index (κ2) is 4.12. The van der Waals surface area contributed by atoms with E-state index in [9.17, 15) is 5.11 Å². The Balaban J connectivity index is 1.98. The zero-order valence-electron chi connectivity index (χ0n) is 12.0. The second-order valence-electron chi connectivity index (χ2n) is 6.30. The van der Waals surface area contributed by atoms with Crippen molar-refractivity contribution in [3.05, 3.63) is 23.3 Å². The average molecular weight is 275 g/mol. The van der Waals surface area contributed by atoms with Crippen molar-refractivity contribution in [3.63, 3.8) is 0 Å². The molecule has 1 fully saturated rings. The Morgan fingerprint density at radius 3 is 3.10 bits per heavy atom. The number of nitrogens with one attached hydrogen (secondary N) is 1. The number of ether oxygens (including phenoxy) is 2. The average Bonchev–Trinajstić information content (AvgIpc) is 2.78. The third kappa shape index (κ3) is 1.33. The first kappa shape index (κ1) is 12.5. The molecule has 4 nitrogen and oxygen atoms in total. The maximum atomic E-state index is 10.3. The molecule has 0 amide bonds. The lowest BCUT2D eigenvalue weighted by Gasteiger charge is -2.33. The molecule has 2 heterocycles. The largest absolute Gasteiger partial charge is 0.493 e. The summed E-state index contributed by atoms with van der Waals surface area (Å²) in [6.45, 7) is 4.00. The molecule has 1 aromatic carbocycles. The number of methoxy groups -OCH3 is 1. The van der Waals surface area contributed by atoms with Crippen LogP contribution in [0.4, 0.5) is 0 Å². The fourth-order valence-corrected chi connectivity index (χ4v) is 4.53. The quantitative estimate of drug-likeness (QED) is 0.817. The Bertz CT molecular complexity index is 559. The molecule has 2 N–H and O–H groups in total. The molecule has 4 rings (SSSR count). The van der Waals surface area contributed by atoms with Crippen LogP contribution in [0.25, 0.3) is 0 Å². The van der Waals surface area contributed by atoms with E-state index in [0.29, 0.717) is 0 Å². The number of rotatable bonds is 1. The fourth-order valence-electron chi connectivity index (χ4n) is 4.53. The van der Waals surface area contributed by atoms with Gasteiger partial charge in [-0.15, -0.1) is 0 Å². The Morgan fingerprint density at radius 2 is 2.30 bits per heavy atom. The van der Waals surface area contributed by atoms with E-state index < -0.39 is 0 Å². The van der Waals surface area contributed by atoms with Crippen LogP contribution < -0.4 is 14.8 Å². The molecule has 1 saturated carbocycles. The molecular formula is C16H21NO3. The summed E-state index contributed by atoms with van der Waals surface area (Å²) in [5.41, 5.74) is 2.53. The summed E-state index contributed by atoms with van der Waals surface area (Å²) in [5.74, 6) is 1.96. The maximum absolute atomic E-state index is 10.3. The summed E-state index contributed by atoms with van der Waals surface area (Å²) in [5, 5.41) is 13.8. The van der Waals surface area contributed by atoms with Crippen molar-refractivity contribution >= 4 is 0 Å². The van der Waals surface area contributed by atoms with Crippen molar-refractivity contribution in [1.29, 1.82) is 0 Å². The molecule has 1 aliphatic carbocycles. The van der Waals surface area contributed by atoms with Crippen LogP contribution in [0, 0.1) is 5.92 Å². The van der Waals surface area contributed by atoms with Gasteiger partial charge in [-0.25, -0.2) is 0 Å². The molecule has 3 aliphatic rings. The lowest BCUT2D eigenvalue weighted by Crippen LogP contribution is -2.39. The van der Waals surface area contributed by atoms with Gasteiger partial charge in [-0.1, -0.05) is 13.0 Å². The van der Waals surface area contributed by atoms with Crippen molar-refractivity contribution in [2.75, 3.05) is 13.7 Å². The smallest absolute Gasteiger partial charge is 0.165 e. The molecule has 4 heteroatoms. The lowest BCUT2D eigenvalue weighted by atomic mass is 9.69. The first-order chi connectivity index (χ1) is 9.68. The van der Waals surface area contributed by atoms with E-state index in [2.05, 4.69) is 18.3 Å². The zero-order valence-corrected chi connectivity index (χ0v) is 12.0. The summed E-state index contributed by atoms with van der Waals surface area (Å²) in [7, 11) is 1.69. The van der Waals surface area contributed by atoms with Gasteiger partial charge in [-0.2, -0.15) is 0 Å². The molecule has 0 bridgehead atoms. The minimum absolute atomic E-state index is 0.0534. The van der Waals surface area contributed by atoms with Crippen molar-refractivity contribution in [2.24, 2.45) is 5.92 Å². The van der Waals surface area contributed by atoms with Gasteiger partial charge >= 0.3 is 0 Å². The third-order valence-corrected chi connectivity index (χ3v) is 5.60. The molecule has 2 aliphatic heterocycles. The van der Waals surface area contributed by atoms with Crippen LogP contribution in [0.1, 0.15) is 30.9 Å². The Hall–Kier alpha value is -1.26. The first-order valence-electron chi connectivity index (χ1n) is 7.44. The normalized spacial score (nSPS) is 37.9. The number of hydrogen-bond acceptors (Lipinski definition) is 4. The third-order valence-electron chi connectivity index (χ3n) is 5.60. The highest BCUT2D eigenvalue weighted by Crippen LogP contribution is 2.60. The van der Waals surface area contributed by atoms with Gasteiger partial charge < -0.3 is 19.9 Å². The predicted octanol–water partition coefficient (Wildman–Crippen LogP) is 1.59. The standard InChI is InChI=1S/C16H21NO3/c1-9-11(18)7-13-16(9)5-6-17-8-10-3-4-12(19-2)15(20-13)14(10)16/h3-4,9,11,13,17-18H,5-8H2,1-2H3/t9?,11-,13+,16-/m0/s1. The molecular weight excluding hydrogens is 254 g/mol. The van der Waals surface area contributed by atoms with Gasteiger partial charge in [-0.05, 0) is 30.5 Å². The number of aliphatic hydroxyl groups excluding tert-OH is 1. The van der Waals surface area contributed by atoms with Crippen LogP contribution in [-0.2, 0) is 12.0 Å². The Kier molecular flexibility index (Phi) is 2.57. The first-order valence-corrected chi connectivity index (χ1v) is 7.44. The minimum atomic E-state index is -0.273. The zero-order chi connectivity index (χ0) is 13.9. The summed E-state index contributed by atoms with van der Waals surface area (Å²) in [4.78, 5) is 0. The molecule has 108 valence electrons. The van der Waals surface area contributed by atoms with Gasteiger partial charge in [0.2, 0.25) is 0 Å². The van der Waals surface area contributed by atoms with Crippen LogP contribution in [0.3, 0.4) is 0 Å². The number of benzene rings is 1. The highest BCUT2D eigenvalue weighted by atomic mass is 16.5. The monoisotopic (exact) mass is 275 g/mol. The van der Waals surface area contributed by atoms with Gasteiger partial charge in [0.1, 0.15) is 6.10 Å². The van der Waals surface area contributed by atoms with Gasteiger partial charge in [-0.3, -0.25) is 0 Å². The van der Waals surface area contributed by atoms with Gasteiger partial charge in [0, 0.05) is 23.9 Å². The summed E-state index contributed by atoms with van der Waals surface area (Å²) in [6, 6.07) is 4.14. The molecule has 1 spiro atoms. The number of hydrogen-bond donors (Lipinski definition) is 2. The second-order valence-corrected chi connectivity index (χ2v) is 6.30. The lowest BCUT2D eigenvalue weighted by molar-refractivity contribution is 0.115. The van der Waals surface area contributed by atoms with E-state index in [-0.39, 0.29) is 23.5 Å². The molecule has 0 radical (unpaired) electrons. The highest BCUT2D eigenvalue weighted by Gasteiger charge is 2.61. The minimum Gasteiger partial charge on any atom is -0.493 e. The van der Waals surface area contributed by atoms with Gasteiger partial charge in [0.25, 0.3) is 0 Å². The summed E-state index contributed by atoms with van der Waals surface area (Å²) < 4.78 is 11.7. The number of aliphatic hydroxyl groups is 1. The molecule has 4 atom stereocenters. The molecule has 20 heavy (non-hydrogen) atoms. The topological polar surface area (TPSA) is 50.7 Å². The van der Waals surface area contributed by atoms with Crippen molar-refractivity contribution < 1.29 is 14.6 Å². The van der Waals surface area contributed by atoms with Gasteiger partial charge in [0.15, 0.2) is 11.5 Å². The molecule has 1 unspecified atom stereocenters. The molecule has 1 aromatic rings. The van der Waals surface area contributed by atoms with Crippen LogP contribution in [0.15, 0.2) is 12.1 Å².